The quantitative estimate of drug-likeness (QED) is 0.807. The molecule has 6 heteroatoms. The van der Waals surface area contributed by atoms with Crippen molar-refractivity contribution in [3.05, 3.63) is 30.2 Å². The van der Waals surface area contributed by atoms with Crippen LogP contribution in [0.3, 0.4) is 0 Å². The first-order chi connectivity index (χ1) is 12.2. The smallest absolute Gasteiger partial charge is 0.315 e. The highest BCUT2D eigenvalue weighted by molar-refractivity contribution is 5.74. The summed E-state index contributed by atoms with van der Waals surface area (Å²) in [6.07, 6.45) is 12.4. The van der Waals surface area contributed by atoms with Gasteiger partial charge in [-0.1, -0.05) is 19.1 Å². The summed E-state index contributed by atoms with van der Waals surface area (Å²) in [4.78, 5) is 23.1. The second kappa shape index (κ2) is 8.83. The summed E-state index contributed by atoms with van der Waals surface area (Å²) in [5.41, 5.74) is 1.05. The highest BCUT2D eigenvalue weighted by Crippen LogP contribution is 2.19. The molecule has 1 fully saturated rings. The molecule has 2 heterocycles. The van der Waals surface area contributed by atoms with Crippen molar-refractivity contribution in [2.75, 3.05) is 24.5 Å². The molecule has 25 heavy (non-hydrogen) atoms. The molecule has 6 nitrogen and oxygen atoms in total. The molecular formula is C19H29N5O. The van der Waals surface area contributed by atoms with Crippen LogP contribution in [0.2, 0.25) is 0 Å². The highest BCUT2D eigenvalue weighted by atomic mass is 16.2. The summed E-state index contributed by atoms with van der Waals surface area (Å²) in [7, 11) is 0. The third-order valence-corrected chi connectivity index (χ3v) is 5.08. The number of hydrogen-bond donors (Lipinski definition) is 2. The van der Waals surface area contributed by atoms with Crippen molar-refractivity contribution in [3.63, 3.8) is 0 Å². The summed E-state index contributed by atoms with van der Waals surface area (Å²) in [5.74, 6) is 1.54. The van der Waals surface area contributed by atoms with Crippen molar-refractivity contribution >= 4 is 11.8 Å². The third-order valence-electron chi connectivity index (χ3n) is 5.08. The molecule has 1 aromatic rings. The van der Waals surface area contributed by atoms with Gasteiger partial charge in [-0.05, 0) is 44.4 Å². The SMILES string of the molecule is CCc1cc(N2CCCC(NC(=O)NCC3CC=CCC3)C2)ncn1. The predicted molar refractivity (Wildman–Crippen MR) is 99.7 cm³/mol. The lowest BCUT2D eigenvalue weighted by Gasteiger charge is -2.34. The minimum absolute atomic E-state index is 0.0432. The fourth-order valence-corrected chi connectivity index (χ4v) is 3.57. The number of nitrogens with zero attached hydrogens (tertiary/aromatic N) is 3. The third kappa shape index (κ3) is 5.18. The average molecular weight is 343 g/mol. The Balaban J connectivity index is 1.47. The number of aromatic nitrogens is 2. The van der Waals surface area contributed by atoms with Gasteiger partial charge in [-0.25, -0.2) is 14.8 Å². The predicted octanol–water partition coefficient (Wildman–Crippen LogP) is 2.66. The molecule has 0 aromatic carbocycles. The van der Waals surface area contributed by atoms with Crippen LogP contribution in [0.4, 0.5) is 10.6 Å². The molecule has 1 aromatic heterocycles. The number of anilines is 1. The first kappa shape index (κ1) is 17.7. The summed E-state index contributed by atoms with van der Waals surface area (Å²) >= 11 is 0. The van der Waals surface area contributed by atoms with E-state index in [1.165, 1.54) is 6.42 Å². The van der Waals surface area contributed by atoms with Crippen molar-refractivity contribution < 1.29 is 4.79 Å². The second-order valence-corrected chi connectivity index (χ2v) is 7.01. The standard InChI is InChI=1S/C19H29N5O/c1-2-16-11-18(22-14-21-16)24-10-6-9-17(13-24)23-19(25)20-12-15-7-4-3-5-8-15/h3-4,11,14-15,17H,2,5-10,12-13H2,1H3,(H2,20,23,25). The first-order valence-corrected chi connectivity index (χ1v) is 9.50. The first-order valence-electron chi connectivity index (χ1n) is 9.50. The Hall–Kier alpha value is -2.11. The zero-order chi connectivity index (χ0) is 17.5. The maximum atomic E-state index is 12.2. The molecule has 1 aliphatic heterocycles. The number of nitrogens with one attached hydrogen (secondary N) is 2. The highest BCUT2D eigenvalue weighted by Gasteiger charge is 2.23. The van der Waals surface area contributed by atoms with Gasteiger partial charge in [0.2, 0.25) is 0 Å². The van der Waals surface area contributed by atoms with E-state index >= 15 is 0 Å². The van der Waals surface area contributed by atoms with Crippen molar-refractivity contribution in [3.8, 4) is 0 Å². The van der Waals surface area contributed by atoms with Gasteiger partial charge in [0.1, 0.15) is 12.1 Å². The van der Waals surface area contributed by atoms with E-state index in [4.69, 9.17) is 0 Å². The fraction of sp³-hybridized carbons (Fsp3) is 0.632. The van der Waals surface area contributed by atoms with E-state index in [9.17, 15) is 4.79 Å². The number of carbonyl (C=O) groups excluding carboxylic acids is 1. The molecule has 0 spiro atoms. The Morgan fingerprint density at radius 3 is 3.04 bits per heavy atom. The van der Waals surface area contributed by atoms with E-state index in [-0.39, 0.29) is 12.1 Å². The number of aryl methyl sites for hydroxylation is 1. The van der Waals surface area contributed by atoms with E-state index in [1.54, 1.807) is 6.33 Å². The summed E-state index contributed by atoms with van der Waals surface area (Å²) < 4.78 is 0. The molecule has 2 N–H and O–H groups in total. The van der Waals surface area contributed by atoms with Crippen LogP contribution < -0.4 is 15.5 Å². The molecule has 2 unspecified atom stereocenters. The summed E-state index contributed by atoms with van der Waals surface area (Å²) in [6.45, 7) is 4.64. The van der Waals surface area contributed by atoms with E-state index in [2.05, 4.69) is 50.6 Å². The van der Waals surface area contributed by atoms with Gasteiger partial charge in [-0.2, -0.15) is 0 Å². The van der Waals surface area contributed by atoms with Crippen LogP contribution in [0, 0.1) is 5.92 Å². The zero-order valence-corrected chi connectivity index (χ0v) is 15.1. The van der Waals surface area contributed by atoms with Gasteiger partial charge in [-0.3, -0.25) is 0 Å². The van der Waals surface area contributed by atoms with Crippen LogP contribution in [-0.2, 0) is 6.42 Å². The van der Waals surface area contributed by atoms with Gasteiger partial charge in [0, 0.05) is 37.4 Å². The van der Waals surface area contributed by atoms with Gasteiger partial charge in [0.15, 0.2) is 0 Å². The summed E-state index contributed by atoms with van der Waals surface area (Å²) in [6, 6.07) is 2.18. The maximum Gasteiger partial charge on any atom is 0.315 e. The van der Waals surface area contributed by atoms with Crippen LogP contribution in [0.25, 0.3) is 0 Å². The Morgan fingerprint density at radius 1 is 1.32 bits per heavy atom. The number of hydrogen-bond acceptors (Lipinski definition) is 4. The van der Waals surface area contributed by atoms with Crippen molar-refractivity contribution in [2.45, 2.75) is 51.5 Å². The number of carbonyl (C=O) groups is 1. The van der Waals surface area contributed by atoms with E-state index in [0.717, 1.165) is 63.3 Å². The van der Waals surface area contributed by atoms with E-state index in [1.807, 2.05) is 0 Å². The molecule has 1 saturated heterocycles. The van der Waals surface area contributed by atoms with Crippen LogP contribution in [0.1, 0.15) is 44.7 Å². The van der Waals surface area contributed by atoms with E-state index < -0.39 is 0 Å². The summed E-state index contributed by atoms with van der Waals surface area (Å²) in [5, 5.41) is 6.18. The lowest BCUT2D eigenvalue weighted by Crippen LogP contribution is -2.51. The van der Waals surface area contributed by atoms with Gasteiger partial charge < -0.3 is 15.5 Å². The van der Waals surface area contributed by atoms with Crippen molar-refractivity contribution in [1.82, 2.24) is 20.6 Å². The van der Waals surface area contributed by atoms with Crippen LogP contribution in [-0.4, -0.2) is 41.7 Å². The number of piperidine rings is 1. The average Bonchev–Trinajstić information content (AvgIpc) is 2.67. The topological polar surface area (TPSA) is 70.2 Å². The number of amides is 2. The lowest BCUT2D eigenvalue weighted by molar-refractivity contribution is 0.232. The second-order valence-electron chi connectivity index (χ2n) is 7.01. The Labute approximate surface area is 150 Å². The number of allylic oxidation sites excluding steroid dienone is 2. The van der Waals surface area contributed by atoms with Gasteiger partial charge >= 0.3 is 6.03 Å². The van der Waals surface area contributed by atoms with Gasteiger partial charge in [0.25, 0.3) is 0 Å². The molecule has 136 valence electrons. The number of urea groups is 1. The molecule has 2 atom stereocenters. The number of rotatable bonds is 5. The molecule has 2 amide bonds. The fourth-order valence-electron chi connectivity index (χ4n) is 3.57. The molecule has 3 rings (SSSR count). The van der Waals surface area contributed by atoms with Crippen LogP contribution in [0.5, 0.6) is 0 Å². The molecular weight excluding hydrogens is 314 g/mol. The molecule has 2 aliphatic rings. The minimum atomic E-state index is -0.0432. The molecule has 0 bridgehead atoms. The maximum absolute atomic E-state index is 12.2. The largest absolute Gasteiger partial charge is 0.354 e. The normalized spacial score (nSPS) is 23.3. The molecule has 0 radical (unpaired) electrons. The minimum Gasteiger partial charge on any atom is -0.354 e. The Kier molecular flexibility index (Phi) is 6.25. The van der Waals surface area contributed by atoms with E-state index in [0.29, 0.717) is 5.92 Å². The Morgan fingerprint density at radius 2 is 2.24 bits per heavy atom. The van der Waals surface area contributed by atoms with Crippen molar-refractivity contribution in [1.29, 1.82) is 0 Å². The monoisotopic (exact) mass is 343 g/mol. The van der Waals surface area contributed by atoms with Crippen LogP contribution >= 0.6 is 0 Å². The van der Waals surface area contributed by atoms with Gasteiger partial charge in [0.05, 0.1) is 0 Å². The zero-order valence-electron chi connectivity index (χ0n) is 15.1. The lowest BCUT2D eigenvalue weighted by atomic mass is 9.94. The molecule has 1 aliphatic carbocycles. The molecule has 0 saturated carbocycles. The van der Waals surface area contributed by atoms with Gasteiger partial charge in [-0.15, -0.1) is 0 Å². The van der Waals surface area contributed by atoms with Crippen molar-refractivity contribution in [2.24, 2.45) is 5.92 Å². The Bertz CT molecular complexity index is 603. The van der Waals surface area contributed by atoms with Crippen LogP contribution in [0.15, 0.2) is 24.5 Å².